The Morgan fingerprint density at radius 3 is 2.35 bits per heavy atom. The van der Waals surface area contributed by atoms with Crippen LogP contribution in [0.5, 0.6) is 0 Å². The Kier molecular flexibility index (Phi) is 6.36. The lowest BCUT2D eigenvalue weighted by Gasteiger charge is -2.27. The van der Waals surface area contributed by atoms with E-state index in [0.29, 0.717) is 24.9 Å². The molecule has 4 nitrogen and oxygen atoms in total. The summed E-state index contributed by atoms with van der Waals surface area (Å²) in [5, 5.41) is 0.490. The molecule has 1 N–H and O–H groups in total. The number of nitrogens with zero attached hydrogens (tertiary/aromatic N) is 1. The molecule has 4 rings (SSSR count). The lowest BCUT2D eigenvalue weighted by Crippen LogP contribution is -2.39. The fraction of sp³-hybridized carbons (Fsp3) is 0.462. The van der Waals surface area contributed by atoms with Gasteiger partial charge in [-0.05, 0) is 54.0 Å². The highest BCUT2D eigenvalue weighted by Gasteiger charge is 2.34. The second-order valence-electron chi connectivity index (χ2n) is 10.5. The molecule has 1 aromatic heterocycles. The van der Waals surface area contributed by atoms with Crippen LogP contribution in [0.15, 0.2) is 48.7 Å². The Labute approximate surface area is 199 Å². The summed E-state index contributed by atoms with van der Waals surface area (Å²) < 4.78 is 71.2. The molecule has 2 aromatic carbocycles. The fourth-order valence-corrected chi connectivity index (χ4v) is 6.31. The topological polar surface area (TPSA) is 51.1 Å². The van der Waals surface area contributed by atoms with Crippen molar-refractivity contribution in [2.75, 3.05) is 0 Å². The first-order valence-corrected chi connectivity index (χ1v) is 13.1. The highest BCUT2D eigenvalue weighted by atomic mass is 32.2. The Hall–Kier alpha value is -2.32. The molecule has 8 heteroatoms. The first kappa shape index (κ1) is 24.8. The third-order valence-corrected chi connectivity index (χ3v) is 8.43. The third kappa shape index (κ3) is 5.03. The van der Waals surface area contributed by atoms with Gasteiger partial charge in [-0.1, -0.05) is 57.5 Å². The predicted octanol–water partition coefficient (Wildman–Crippen LogP) is 6.91. The lowest BCUT2D eigenvalue weighted by molar-refractivity contribution is -0.137. The van der Waals surface area contributed by atoms with Gasteiger partial charge in [0, 0.05) is 29.7 Å². The zero-order valence-corrected chi connectivity index (χ0v) is 20.7. The number of alkyl halides is 3. The number of benzene rings is 2. The summed E-state index contributed by atoms with van der Waals surface area (Å²) in [7, 11) is -3.42. The van der Waals surface area contributed by atoms with Crippen molar-refractivity contribution in [1.82, 2.24) is 9.29 Å². The van der Waals surface area contributed by atoms with Crippen LogP contribution in [0.4, 0.5) is 13.2 Å². The van der Waals surface area contributed by atoms with Gasteiger partial charge in [0.15, 0.2) is 0 Å². The smallest absolute Gasteiger partial charge is 0.347 e. The molecule has 1 heterocycles. The first-order chi connectivity index (χ1) is 15.8. The first-order valence-electron chi connectivity index (χ1n) is 11.6. The molecule has 1 aliphatic carbocycles. The maximum absolute atomic E-state index is 13.6. The van der Waals surface area contributed by atoms with E-state index < -0.39 is 27.8 Å². The van der Waals surface area contributed by atoms with Crippen molar-refractivity contribution in [1.29, 1.82) is 0 Å². The number of aromatic nitrogens is 1. The second-order valence-corrected chi connectivity index (χ2v) is 12.5. The van der Waals surface area contributed by atoms with E-state index in [9.17, 15) is 21.6 Å². The van der Waals surface area contributed by atoms with Crippen LogP contribution < -0.4 is 4.72 Å². The molecule has 3 aromatic rings. The number of hydrogen-bond donors (Lipinski definition) is 1. The van der Waals surface area contributed by atoms with Crippen molar-refractivity contribution in [3.8, 4) is 11.1 Å². The Morgan fingerprint density at radius 1 is 1.09 bits per heavy atom. The third-order valence-electron chi connectivity index (χ3n) is 6.40. The summed E-state index contributed by atoms with van der Waals surface area (Å²) in [6.45, 7) is 8.72. The van der Waals surface area contributed by atoms with E-state index in [1.54, 1.807) is 24.3 Å². The number of hydrogen-bond acceptors (Lipinski definition) is 2. The predicted molar refractivity (Wildman–Crippen MR) is 130 cm³/mol. The molecular formula is C26H31F3N2O2S. The van der Waals surface area contributed by atoms with E-state index in [4.69, 9.17) is 0 Å². The zero-order chi connectivity index (χ0) is 24.9. The molecule has 0 amide bonds. The minimum atomic E-state index is -4.46. The van der Waals surface area contributed by atoms with Gasteiger partial charge in [-0.2, -0.15) is 13.2 Å². The lowest BCUT2D eigenvalue weighted by atomic mass is 9.96. The monoisotopic (exact) mass is 492 g/mol. The van der Waals surface area contributed by atoms with Crippen molar-refractivity contribution < 1.29 is 21.6 Å². The van der Waals surface area contributed by atoms with Gasteiger partial charge >= 0.3 is 6.18 Å². The maximum atomic E-state index is 13.6. The van der Waals surface area contributed by atoms with E-state index in [0.717, 1.165) is 29.0 Å². The maximum Gasteiger partial charge on any atom is 0.417 e. The van der Waals surface area contributed by atoms with Gasteiger partial charge < -0.3 is 4.57 Å². The van der Waals surface area contributed by atoms with Gasteiger partial charge in [-0.15, -0.1) is 0 Å². The Bertz CT molecular complexity index is 1300. The molecule has 0 saturated heterocycles. The largest absolute Gasteiger partial charge is 0.417 e. The number of rotatable bonds is 6. The van der Waals surface area contributed by atoms with E-state index in [1.165, 1.54) is 12.1 Å². The quantitative estimate of drug-likeness (QED) is 0.407. The SMILES string of the molecule is C[C@@H](NS(=O)(=O)C1CCC1)c1cn(CC(C)(C)C)c2cc(-c3ccccc3C(F)(F)F)ccc12. The van der Waals surface area contributed by atoms with Crippen molar-refractivity contribution in [3.05, 3.63) is 59.8 Å². The molecule has 0 bridgehead atoms. The molecule has 184 valence electrons. The number of sulfonamides is 1. The highest BCUT2D eigenvalue weighted by Crippen LogP contribution is 2.39. The van der Waals surface area contributed by atoms with Crippen molar-refractivity contribution in [3.63, 3.8) is 0 Å². The van der Waals surface area contributed by atoms with Crippen LogP contribution in [0.1, 0.15) is 64.1 Å². The number of halogens is 3. The van der Waals surface area contributed by atoms with Crippen LogP contribution in [-0.2, 0) is 22.7 Å². The van der Waals surface area contributed by atoms with Gasteiger partial charge in [0.1, 0.15) is 0 Å². The molecular weight excluding hydrogens is 461 g/mol. The van der Waals surface area contributed by atoms with Gasteiger partial charge in [-0.3, -0.25) is 0 Å². The van der Waals surface area contributed by atoms with Crippen LogP contribution in [0, 0.1) is 5.41 Å². The number of nitrogens with one attached hydrogen (secondary N) is 1. The van der Waals surface area contributed by atoms with E-state index in [2.05, 4.69) is 25.5 Å². The summed E-state index contributed by atoms with van der Waals surface area (Å²) >= 11 is 0. The van der Waals surface area contributed by atoms with Crippen molar-refractivity contribution >= 4 is 20.9 Å². The average Bonchev–Trinajstić information content (AvgIpc) is 3.01. The molecule has 1 aliphatic rings. The molecule has 0 aliphatic heterocycles. The van der Waals surface area contributed by atoms with Gasteiger partial charge in [0.2, 0.25) is 10.0 Å². The fourth-order valence-electron chi connectivity index (χ4n) is 4.54. The molecule has 1 atom stereocenters. The van der Waals surface area contributed by atoms with Crippen LogP contribution >= 0.6 is 0 Å². The summed E-state index contributed by atoms with van der Waals surface area (Å²) in [5.74, 6) is 0. The normalized spacial score (nSPS) is 16.6. The van der Waals surface area contributed by atoms with E-state index in [1.807, 2.05) is 17.7 Å². The minimum Gasteiger partial charge on any atom is -0.347 e. The summed E-state index contributed by atoms with van der Waals surface area (Å²) in [6.07, 6.45) is -0.250. The van der Waals surface area contributed by atoms with Crippen LogP contribution in [0.25, 0.3) is 22.0 Å². The zero-order valence-electron chi connectivity index (χ0n) is 19.9. The highest BCUT2D eigenvalue weighted by molar-refractivity contribution is 7.90. The molecule has 34 heavy (non-hydrogen) atoms. The van der Waals surface area contributed by atoms with Crippen molar-refractivity contribution in [2.45, 2.75) is 71.0 Å². The molecule has 0 radical (unpaired) electrons. The van der Waals surface area contributed by atoms with Gasteiger partial charge in [0.25, 0.3) is 0 Å². The number of fused-ring (bicyclic) bond motifs is 1. The summed E-state index contributed by atoms with van der Waals surface area (Å²) in [4.78, 5) is 0. The molecule has 1 fully saturated rings. The van der Waals surface area contributed by atoms with Crippen LogP contribution in [-0.4, -0.2) is 18.2 Å². The summed E-state index contributed by atoms with van der Waals surface area (Å²) in [5.41, 5.74) is 1.44. The van der Waals surface area contributed by atoms with E-state index in [-0.39, 0.29) is 16.2 Å². The van der Waals surface area contributed by atoms with E-state index >= 15 is 0 Å². The average molecular weight is 493 g/mol. The van der Waals surface area contributed by atoms with Crippen molar-refractivity contribution in [2.24, 2.45) is 5.41 Å². The minimum absolute atomic E-state index is 0.0855. The standard InChI is InChI=1S/C26H31F3N2O2S/c1-17(30-34(32,33)19-8-7-9-19)22-15-31(16-25(2,3)4)24-14-18(12-13-21(22)24)20-10-5-6-11-23(20)26(27,28)29/h5-6,10-15,17,19,30H,7-9,16H2,1-4H3/t17-/m1/s1. The molecule has 0 spiro atoms. The molecule has 0 unspecified atom stereocenters. The van der Waals surface area contributed by atoms with Crippen LogP contribution in [0.3, 0.4) is 0 Å². The summed E-state index contributed by atoms with van der Waals surface area (Å²) in [6, 6.07) is 10.4. The van der Waals surface area contributed by atoms with Crippen LogP contribution in [0.2, 0.25) is 0 Å². The Balaban J connectivity index is 1.81. The van der Waals surface area contributed by atoms with Gasteiger partial charge in [-0.25, -0.2) is 13.1 Å². The van der Waals surface area contributed by atoms with Gasteiger partial charge in [0.05, 0.1) is 10.8 Å². The molecule has 1 saturated carbocycles. The Morgan fingerprint density at radius 2 is 1.76 bits per heavy atom. The second kappa shape index (κ2) is 8.72.